The Kier molecular flexibility index (Phi) is 4.03. The van der Waals surface area contributed by atoms with Crippen molar-refractivity contribution in [2.24, 2.45) is 0 Å². The molecule has 0 unspecified atom stereocenters. The lowest BCUT2D eigenvalue weighted by Crippen LogP contribution is -2.07. The van der Waals surface area contributed by atoms with Crippen LogP contribution in [0.2, 0.25) is 0 Å². The number of carbonyl (C=O) groups is 1. The molecule has 6 nitrogen and oxygen atoms in total. The number of hydrogen-bond donors (Lipinski definition) is 0. The van der Waals surface area contributed by atoms with Gasteiger partial charge >= 0.3 is 5.97 Å². The zero-order valence-corrected chi connectivity index (χ0v) is 11.0. The Morgan fingerprint density at radius 2 is 2.33 bits per heavy atom. The predicted molar refractivity (Wildman–Crippen MR) is 64.3 cm³/mol. The standard InChI is InChI=1S/C11H13N3O3S/c1-3-16-11(15)5-9-13-8(14-17-9)4-10-12-7(2)6-18-10/h6H,3-5H2,1-2H3. The molecule has 0 saturated heterocycles. The highest BCUT2D eigenvalue weighted by atomic mass is 32.1. The molecule has 2 aromatic rings. The fraction of sp³-hybridized carbons (Fsp3) is 0.455. The summed E-state index contributed by atoms with van der Waals surface area (Å²) in [6.07, 6.45) is 0.530. The van der Waals surface area contributed by atoms with Gasteiger partial charge in [0.05, 0.1) is 13.0 Å². The lowest BCUT2D eigenvalue weighted by Gasteiger charge is -1.96. The quantitative estimate of drug-likeness (QED) is 0.764. The minimum atomic E-state index is -0.363. The predicted octanol–water partition coefficient (Wildman–Crippen LogP) is 1.53. The second kappa shape index (κ2) is 5.72. The van der Waals surface area contributed by atoms with Crippen molar-refractivity contribution in [1.82, 2.24) is 15.1 Å². The average Bonchev–Trinajstić information content (AvgIpc) is 2.89. The molecule has 0 saturated carbocycles. The molecular weight excluding hydrogens is 254 g/mol. The van der Waals surface area contributed by atoms with Gasteiger partial charge in [-0.25, -0.2) is 4.98 Å². The molecular formula is C11H13N3O3S. The number of carbonyl (C=O) groups excluding carboxylic acids is 1. The van der Waals surface area contributed by atoms with Gasteiger partial charge in [-0.1, -0.05) is 5.16 Å². The SMILES string of the molecule is CCOC(=O)Cc1nc(Cc2nc(C)cs2)no1. The van der Waals surface area contributed by atoms with Gasteiger partial charge in [-0.05, 0) is 13.8 Å². The Balaban J connectivity index is 1.95. The zero-order chi connectivity index (χ0) is 13.0. The van der Waals surface area contributed by atoms with Crippen molar-refractivity contribution in [2.75, 3.05) is 6.61 Å². The molecule has 0 bridgehead atoms. The lowest BCUT2D eigenvalue weighted by molar-refractivity contribution is -0.142. The van der Waals surface area contributed by atoms with Crippen molar-refractivity contribution in [2.45, 2.75) is 26.7 Å². The van der Waals surface area contributed by atoms with Crippen LogP contribution in [0.5, 0.6) is 0 Å². The van der Waals surface area contributed by atoms with Gasteiger partial charge < -0.3 is 9.26 Å². The molecule has 96 valence electrons. The minimum absolute atomic E-state index is 0.0116. The summed E-state index contributed by atoms with van der Waals surface area (Å²) < 4.78 is 9.78. The van der Waals surface area contributed by atoms with E-state index in [0.717, 1.165) is 10.7 Å². The maximum absolute atomic E-state index is 11.2. The van der Waals surface area contributed by atoms with E-state index < -0.39 is 0 Å². The van der Waals surface area contributed by atoms with Crippen LogP contribution in [-0.4, -0.2) is 27.7 Å². The molecule has 0 radical (unpaired) electrons. The molecule has 7 heteroatoms. The molecule has 0 N–H and O–H groups in total. The fourth-order valence-electron chi connectivity index (χ4n) is 1.39. The van der Waals surface area contributed by atoms with Gasteiger partial charge in [0.1, 0.15) is 11.4 Å². The van der Waals surface area contributed by atoms with E-state index >= 15 is 0 Å². The van der Waals surface area contributed by atoms with Crippen molar-refractivity contribution >= 4 is 17.3 Å². The van der Waals surface area contributed by atoms with Crippen molar-refractivity contribution in [3.05, 3.63) is 27.8 Å². The molecule has 0 aliphatic rings. The van der Waals surface area contributed by atoms with Crippen LogP contribution in [0.3, 0.4) is 0 Å². The summed E-state index contributed by atoms with van der Waals surface area (Å²) in [5, 5.41) is 6.70. The molecule has 18 heavy (non-hydrogen) atoms. The number of nitrogens with zero attached hydrogens (tertiary/aromatic N) is 3. The van der Waals surface area contributed by atoms with Crippen LogP contribution in [0.25, 0.3) is 0 Å². The molecule has 2 rings (SSSR count). The molecule has 0 aliphatic heterocycles. The van der Waals surface area contributed by atoms with Gasteiger partial charge in [0, 0.05) is 11.1 Å². The van der Waals surface area contributed by atoms with Crippen molar-refractivity contribution in [3.8, 4) is 0 Å². The molecule has 0 aromatic carbocycles. The van der Waals surface area contributed by atoms with E-state index in [-0.39, 0.29) is 18.3 Å². The Hall–Kier alpha value is -1.76. The van der Waals surface area contributed by atoms with E-state index in [1.165, 1.54) is 0 Å². The number of thiazole rings is 1. The first-order valence-electron chi connectivity index (χ1n) is 5.55. The summed E-state index contributed by atoms with van der Waals surface area (Å²) >= 11 is 1.55. The van der Waals surface area contributed by atoms with Crippen LogP contribution in [0, 0.1) is 6.92 Å². The molecule has 0 spiro atoms. The van der Waals surface area contributed by atoms with Crippen LogP contribution in [0.4, 0.5) is 0 Å². The maximum Gasteiger partial charge on any atom is 0.315 e. The molecule has 0 atom stereocenters. The molecule has 0 fully saturated rings. The van der Waals surface area contributed by atoms with Gasteiger partial charge in [-0.2, -0.15) is 4.98 Å². The third-order valence-corrected chi connectivity index (χ3v) is 3.05. The summed E-state index contributed by atoms with van der Waals surface area (Å²) in [6.45, 7) is 4.03. The maximum atomic E-state index is 11.2. The highest BCUT2D eigenvalue weighted by Gasteiger charge is 2.13. The monoisotopic (exact) mass is 267 g/mol. The fourth-order valence-corrected chi connectivity index (χ4v) is 2.16. The number of aryl methyl sites for hydroxylation is 1. The second-order valence-corrected chi connectivity index (χ2v) is 4.59. The Bertz CT molecular complexity index is 535. The highest BCUT2D eigenvalue weighted by molar-refractivity contribution is 7.09. The summed E-state index contributed by atoms with van der Waals surface area (Å²) in [7, 11) is 0. The zero-order valence-electron chi connectivity index (χ0n) is 10.2. The van der Waals surface area contributed by atoms with E-state index in [1.54, 1.807) is 18.3 Å². The van der Waals surface area contributed by atoms with E-state index in [0.29, 0.717) is 18.9 Å². The van der Waals surface area contributed by atoms with E-state index in [1.807, 2.05) is 12.3 Å². The van der Waals surface area contributed by atoms with Crippen LogP contribution in [0.15, 0.2) is 9.90 Å². The smallest absolute Gasteiger partial charge is 0.315 e. The first kappa shape index (κ1) is 12.7. The average molecular weight is 267 g/mol. The van der Waals surface area contributed by atoms with Gasteiger partial charge in [0.15, 0.2) is 5.82 Å². The Labute approximate surface area is 108 Å². The number of esters is 1. The first-order valence-corrected chi connectivity index (χ1v) is 6.43. The third kappa shape index (κ3) is 3.36. The Morgan fingerprint density at radius 1 is 1.50 bits per heavy atom. The number of ether oxygens (including phenoxy) is 1. The van der Waals surface area contributed by atoms with Gasteiger partial charge in [-0.15, -0.1) is 11.3 Å². The highest BCUT2D eigenvalue weighted by Crippen LogP contribution is 2.12. The number of hydrogen-bond acceptors (Lipinski definition) is 7. The number of aromatic nitrogens is 3. The molecule has 2 aromatic heterocycles. The van der Waals surface area contributed by atoms with Crippen LogP contribution >= 0.6 is 11.3 Å². The molecule has 0 amide bonds. The van der Waals surface area contributed by atoms with Gasteiger partial charge in [0.25, 0.3) is 0 Å². The normalized spacial score (nSPS) is 10.6. The van der Waals surface area contributed by atoms with Crippen molar-refractivity contribution in [3.63, 3.8) is 0 Å². The topological polar surface area (TPSA) is 78.1 Å². The molecule has 2 heterocycles. The lowest BCUT2D eigenvalue weighted by atomic mass is 10.4. The van der Waals surface area contributed by atoms with Crippen LogP contribution < -0.4 is 0 Å². The van der Waals surface area contributed by atoms with E-state index in [9.17, 15) is 4.79 Å². The number of rotatable bonds is 5. The van der Waals surface area contributed by atoms with Crippen LogP contribution in [-0.2, 0) is 22.4 Å². The largest absolute Gasteiger partial charge is 0.466 e. The summed E-state index contributed by atoms with van der Waals surface area (Å²) in [4.78, 5) is 19.7. The van der Waals surface area contributed by atoms with Crippen LogP contribution in [0.1, 0.15) is 29.3 Å². The molecule has 0 aliphatic carbocycles. The summed E-state index contributed by atoms with van der Waals surface area (Å²) in [6, 6.07) is 0. The Morgan fingerprint density at radius 3 is 3.00 bits per heavy atom. The second-order valence-electron chi connectivity index (χ2n) is 3.65. The van der Waals surface area contributed by atoms with Gasteiger partial charge in [0.2, 0.25) is 5.89 Å². The first-order chi connectivity index (χ1) is 8.67. The van der Waals surface area contributed by atoms with Crippen molar-refractivity contribution < 1.29 is 14.1 Å². The van der Waals surface area contributed by atoms with E-state index in [4.69, 9.17) is 9.26 Å². The van der Waals surface area contributed by atoms with E-state index in [2.05, 4.69) is 15.1 Å². The minimum Gasteiger partial charge on any atom is -0.466 e. The summed E-state index contributed by atoms with van der Waals surface area (Å²) in [5.41, 5.74) is 0.977. The summed E-state index contributed by atoms with van der Waals surface area (Å²) in [5.74, 6) is 0.443. The third-order valence-electron chi connectivity index (χ3n) is 2.09. The van der Waals surface area contributed by atoms with Crippen molar-refractivity contribution in [1.29, 1.82) is 0 Å². The van der Waals surface area contributed by atoms with Gasteiger partial charge in [-0.3, -0.25) is 4.79 Å².